The van der Waals surface area contributed by atoms with E-state index in [0.29, 0.717) is 0 Å². The van der Waals surface area contributed by atoms with E-state index in [9.17, 15) is 4.79 Å². The molecule has 0 N–H and O–H groups in total. The molecule has 0 aliphatic heterocycles. The van der Waals surface area contributed by atoms with Crippen LogP contribution in [-0.4, -0.2) is 13.1 Å². The summed E-state index contributed by atoms with van der Waals surface area (Å²) in [5.74, 6) is -0.458. The van der Waals surface area contributed by atoms with Gasteiger partial charge in [0.1, 0.15) is 0 Å². The zero-order chi connectivity index (χ0) is 5.86. The minimum atomic E-state index is -0.458. The molecule has 0 spiro atoms. The first-order chi connectivity index (χ1) is 3.18. The van der Waals surface area contributed by atoms with Gasteiger partial charge in [0.05, 0.1) is 7.11 Å². The molecule has 0 amide bonds. The van der Waals surface area contributed by atoms with Crippen LogP contribution in [0.15, 0.2) is 12.2 Å². The van der Waals surface area contributed by atoms with Crippen molar-refractivity contribution in [3.8, 4) is 0 Å². The average molecular weight is 337 g/mol. The quantitative estimate of drug-likeness (QED) is 0.397. The number of methoxy groups -OCH3 is 1. The van der Waals surface area contributed by atoms with Crippen molar-refractivity contribution in [2.75, 3.05) is 7.11 Å². The Morgan fingerprint density at radius 2 is 2.12 bits per heavy atom. The van der Waals surface area contributed by atoms with E-state index in [4.69, 9.17) is 0 Å². The summed E-state index contributed by atoms with van der Waals surface area (Å²) in [5, 5.41) is 0. The van der Waals surface area contributed by atoms with E-state index in [1.54, 1.807) is 0 Å². The van der Waals surface area contributed by atoms with Gasteiger partial charge in [-0.3, -0.25) is 0 Å². The largest absolute Gasteiger partial charge is 0.523 e. The first-order valence-corrected chi connectivity index (χ1v) is 1.77. The van der Waals surface area contributed by atoms with Gasteiger partial charge in [-0.25, -0.2) is 0 Å². The predicted molar refractivity (Wildman–Crippen MR) is 26.5 cm³/mol. The fourth-order valence-electron chi connectivity index (χ4n) is 0.144. The maximum Gasteiger partial charge on any atom is 0.218 e. The molecular formula is C5H7O2U-. The summed E-state index contributed by atoms with van der Waals surface area (Å²) >= 11 is 0. The molecule has 0 saturated carbocycles. The van der Waals surface area contributed by atoms with E-state index >= 15 is 0 Å². The Morgan fingerprint density at radius 1 is 1.75 bits per heavy atom. The van der Waals surface area contributed by atoms with Crippen LogP contribution in [0.2, 0.25) is 0 Å². The molecule has 0 heterocycles. The monoisotopic (exact) mass is 337 g/mol. The normalized spacial score (nSPS) is 6.62. The first-order valence-electron chi connectivity index (χ1n) is 1.77. The molecule has 0 saturated heterocycles. The molecule has 0 atom stereocenters. The van der Waals surface area contributed by atoms with E-state index < -0.39 is 5.97 Å². The number of rotatable bonds is 1. The van der Waals surface area contributed by atoms with Crippen LogP contribution in [0.4, 0.5) is 0 Å². The van der Waals surface area contributed by atoms with Crippen LogP contribution < -0.4 is 0 Å². The van der Waals surface area contributed by atoms with Crippen LogP contribution in [0.3, 0.4) is 0 Å². The summed E-state index contributed by atoms with van der Waals surface area (Å²) < 4.78 is 4.21. The molecule has 3 heteroatoms. The summed E-state index contributed by atoms with van der Waals surface area (Å²) in [7, 11) is 1.29. The second-order valence-corrected chi connectivity index (χ2v) is 1.10. The molecule has 0 fully saturated rings. The number of esters is 1. The van der Waals surface area contributed by atoms with E-state index in [0.717, 1.165) is 0 Å². The summed E-state index contributed by atoms with van der Waals surface area (Å²) in [5.41, 5.74) is 0.183. The van der Waals surface area contributed by atoms with Crippen LogP contribution in [0.5, 0.6) is 0 Å². The number of hydrogen-bond acceptors (Lipinski definition) is 2. The number of carbonyl (C=O) groups is 1. The Kier molecular flexibility index (Phi) is 7.25. The van der Waals surface area contributed by atoms with Crippen LogP contribution in [-0.2, 0) is 9.53 Å². The molecule has 0 aliphatic rings. The van der Waals surface area contributed by atoms with Gasteiger partial charge in [0.2, 0.25) is 5.97 Å². The minimum Gasteiger partial charge on any atom is -0.523 e. The second-order valence-electron chi connectivity index (χ2n) is 1.10. The van der Waals surface area contributed by atoms with Crippen LogP contribution in [0, 0.1) is 38.0 Å². The van der Waals surface area contributed by atoms with Crippen molar-refractivity contribution in [2.24, 2.45) is 0 Å². The van der Waals surface area contributed by atoms with Crippen LogP contribution >= 0.6 is 0 Å². The van der Waals surface area contributed by atoms with Crippen LogP contribution in [0.1, 0.15) is 0 Å². The fraction of sp³-hybridized carbons (Fsp3) is 0.200. The molecule has 0 aliphatic carbocycles. The Bertz CT molecular complexity index is 98.6. The first kappa shape index (κ1) is 11.0. The zero-order valence-corrected chi connectivity index (χ0v) is 8.89. The number of carbonyl (C=O) groups excluding carboxylic acids is 1. The molecular weight excluding hydrogens is 330 g/mol. The molecule has 0 unspecified atom stereocenters. The smallest absolute Gasteiger partial charge is 0.218 e. The SMILES string of the molecule is C=C([CH2-])C(=O)OC.[U]. The fourth-order valence-corrected chi connectivity index (χ4v) is 0.144. The van der Waals surface area contributed by atoms with Gasteiger partial charge < -0.3 is 9.53 Å². The molecule has 44 valence electrons. The van der Waals surface area contributed by atoms with Gasteiger partial charge in [-0.1, -0.05) is 0 Å². The van der Waals surface area contributed by atoms with Crippen molar-refractivity contribution in [1.82, 2.24) is 0 Å². The summed E-state index contributed by atoms with van der Waals surface area (Å²) in [6.45, 7) is 6.48. The topological polar surface area (TPSA) is 26.3 Å². The van der Waals surface area contributed by atoms with Gasteiger partial charge in [0, 0.05) is 31.1 Å². The molecule has 2 nitrogen and oxygen atoms in total. The maximum atomic E-state index is 10.1. The minimum absolute atomic E-state index is 0. The molecule has 0 aromatic rings. The van der Waals surface area contributed by atoms with Gasteiger partial charge in [0.25, 0.3) is 0 Å². The van der Waals surface area contributed by atoms with Crippen molar-refractivity contribution < 1.29 is 40.6 Å². The van der Waals surface area contributed by atoms with Crippen molar-refractivity contribution in [3.63, 3.8) is 0 Å². The standard InChI is InChI=1S/C5H7O2.U/c1-4(2)5(6)7-3;/h1-2H2,3H3;/q-1;. The molecule has 0 rings (SSSR count). The van der Waals surface area contributed by atoms with Gasteiger partial charge in [-0.05, 0) is 0 Å². The van der Waals surface area contributed by atoms with Gasteiger partial charge in [0.15, 0.2) is 0 Å². The summed E-state index contributed by atoms with van der Waals surface area (Å²) in [4.78, 5) is 10.1. The Balaban J connectivity index is 0. The van der Waals surface area contributed by atoms with Gasteiger partial charge >= 0.3 is 0 Å². The summed E-state index contributed by atoms with van der Waals surface area (Å²) in [6, 6.07) is 0. The average Bonchev–Trinajstić information content (AvgIpc) is 1.65. The van der Waals surface area contributed by atoms with E-state index in [1.807, 2.05) is 0 Å². The number of hydrogen-bond donors (Lipinski definition) is 0. The summed E-state index contributed by atoms with van der Waals surface area (Å²) in [6.07, 6.45) is 0. The van der Waals surface area contributed by atoms with Gasteiger partial charge in [-0.2, -0.15) is 13.5 Å². The molecule has 0 aromatic carbocycles. The molecule has 0 bridgehead atoms. The van der Waals surface area contributed by atoms with Gasteiger partial charge in [-0.15, -0.1) is 5.57 Å². The second kappa shape index (κ2) is 5.27. The third kappa shape index (κ3) is 4.30. The zero-order valence-electron chi connectivity index (χ0n) is 4.73. The Morgan fingerprint density at radius 3 is 2.12 bits per heavy atom. The van der Waals surface area contributed by atoms with Crippen LogP contribution in [0.25, 0.3) is 0 Å². The molecule has 8 heavy (non-hydrogen) atoms. The van der Waals surface area contributed by atoms with E-state index in [-0.39, 0.29) is 36.7 Å². The Hall–Kier alpha value is 0.132. The molecule has 0 aromatic heterocycles. The number of ether oxygens (including phenoxy) is 1. The van der Waals surface area contributed by atoms with E-state index in [1.165, 1.54) is 7.11 Å². The predicted octanol–water partition coefficient (Wildman–Crippen LogP) is 0.550. The Labute approximate surface area is 72.7 Å². The third-order valence-electron chi connectivity index (χ3n) is 0.474. The molecule has 0 radical (unpaired) electrons. The maximum absolute atomic E-state index is 10.1. The van der Waals surface area contributed by atoms with E-state index in [2.05, 4.69) is 18.2 Å². The van der Waals surface area contributed by atoms with Crippen molar-refractivity contribution in [1.29, 1.82) is 0 Å². The van der Waals surface area contributed by atoms with Crippen molar-refractivity contribution in [2.45, 2.75) is 0 Å². The third-order valence-corrected chi connectivity index (χ3v) is 0.474. The van der Waals surface area contributed by atoms with Crippen molar-refractivity contribution >= 4 is 5.97 Å². The van der Waals surface area contributed by atoms with Crippen molar-refractivity contribution in [3.05, 3.63) is 19.1 Å².